The van der Waals surface area contributed by atoms with Gasteiger partial charge in [0.15, 0.2) is 5.75 Å². The molecule has 2 aromatic carbocycles. The van der Waals surface area contributed by atoms with Gasteiger partial charge in [-0.05, 0) is 25.1 Å². The number of carbonyl (C=O) groups is 1. The first-order chi connectivity index (χ1) is 11.9. The van der Waals surface area contributed by atoms with Crippen LogP contribution in [0.25, 0.3) is 0 Å². The number of nitrogens with zero attached hydrogens (tertiary/aromatic N) is 1. The number of rotatable bonds is 6. The van der Waals surface area contributed by atoms with Crippen molar-refractivity contribution in [3.8, 4) is 11.5 Å². The van der Waals surface area contributed by atoms with Gasteiger partial charge in [-0.3, -0.25) is 14.9 Å². The summed E-state index contributed by atoms with van der Waals surface area (Å²) in [5, 5.41) is 13.8. The van der Waals surface area contributed by atoms with Gasteiger partial charge in [-0.25, -0.2) is 0 Å². The standard InChI is InChI=1S/C16H14Cl2N2O5/c1-3-25-15-11(17)6-9(7-12(15)18)16(21)19-13-8-10(20(22)23)4-5-14(13)24-2/h4-8H,3H2,1-2H3,(H,19,21). The molecule has 7 nitrogen and oxygen atoms in total. The van der Waals surface area contributed by atoms with Gasteiger partial charge in [0, 0.05) is 17.7 Å². The highest BCUT2D eigenvalue weighted by Gasteiger charge is 2.17. The third kappa shape index (κ3) is 4.32. The van der Waals surface area contributed by atoms with Gasteiger partial charge in [0.25, 0.3) is 11.6 Å². The van der Waals surface area contributed by atoms with E-state index in [0.717, 1.165) is 0 Å². The number of nitro benzene ring substituents is 1. The summed E-state index contributed by atoms with van der Waals surface area (Å²) < 4.78 is 10.4. The maximum atomic E-state index is 12.4. The van der Waals surface area contributed by atoms with Crippen LogP contribution in [0.2, 0.25) is 10.0 Å². The first-order valence-corrected chi connectivity index (χ1v) is 7.88. The Labute approximate surface area is 153 Å². The van der Waals surface area contributed by atoms with Crippen LogP contribution in [0, 0.1) is 10.1 Å². The van der Waals surface area contributed by atoms with Crippen LogP contribution in [0.15, 0.2) is 30.3 Å². The van der Waals surface area contributed by atoms with Crippen molar-refractivity contribution in [2.45, 2.75) is 6.92 Å². The molecular formula is C16H14Cl2N2O5. The number of hydrogen-bond acceptors (Lipinski definition) is 5. The predicted octanol–water partition coefficient (Wildman–Crippen LogP) is 4.56. The van der Waals surface area contributed by atoms with Crippen LogP contribution in [0.4, 0.5) is 11.4 Å². The van der Waals surface area contributed by atoms with Gasteiger partial charge in [-0.2, -0.15) is 0 Å². The smallest absolute Gasteiger partial charge is 0.271 e. The van der Waals surface area contributed by atoms with Gasteiger partial charge in [-0.15, -0.1) is 0 Å². The molecule has 0 saturated heterocycles. The molecular weight excluding hydrogens is 371 g/mol. The fraction of sp³-hybridized carbons (Fsp3) is 0.188. The van der Waals surface area contributed by atoms with Crippen molar-refractivity contribution in [3.05, 3.63) is 56.1 Å². The maximum Gasteiger partial charge on any atom is 0.271 e. The Hall–Kier alpha value is -2.51. The number of hydrogen-bond donors (Lipinski definition) is 1. The van der Waals surface area contributed by atoms with Gasteiger partial charge in [-0.1, -0.05) is 23.2 Å². The number of methoxy groups -OCH3 is 1. The molecule has 0 aliphatic heterocycles. The Bertz CT molecular complexity index is 803. The van der Waals surface area contributed by atoms with Crippen molar-refractivity contribution >= 4 is 40.5 Å². The van der Waals surface area contributed by atoms with Crippen LogP contribution >= 0.6 is 23.2 Å². The number of carbonyl (C=O) groups excluding carboxylic acids is 1. The molecule has 2 rings (SSSR count). The summed E-state index contributed by atoms with van der Waals surface area (Å²) in [7, 11) is 1.39. The minimum Gasteiger partial charge on any atom is -0.495 e. The summed E-state index contributed by atoms with van der Waals surface area (Å²) in [4.78, 5) is 22.8. The summed E-state index contributed by atoms with van der Waals surface area (Å²) in [6.45, 7) is 2.15. The molecule has 0 aliphatic carbocycles. The Morgan fingerprint density at radius 2 is 1.88 bits per heavy atom. The lowest BCUT2D eigenvalue weighted by Gasteiger charge is -2.12. The Morgan fingerprint density at radius 3 is 2.40 bits per heavy atom. The molecule has 1 amide bonds. The first-order valence-electron chi connectivity index (χ1n) is 7.13. The molecule has 0 spiro atoms. The minimum atomic E-state index is -0.570. The highest BCUT2D eigenvalue weighted by atomic mass is 35.5. The molecule has 0 bridgehead atoms. The van der Waals surface area contributed by atoms with E-state index in [-0.39, 0.29) is 38.5 Å². The van der Waals surface area contributed by atoms with Crippen LogP contribution in [0.1, 0.15) is 17.3 Å². The summed E-state index contributed by atoms with van der Waals surface area (Å²) in [5.74, 6) is 0.0167. The number of halogens is 2. The number of non-ortho nitro benzene ring substituents is 1. The van der Waals surface area contributed by atoms with E-state index in [1.165, 1.54) is 37.4 Å². The highest BCUT2D eigenvalue weighted by molar-refractivity contribution is 6.37. The van der Waals surface area contributed by atoms with E-state index in [0.29, 0.717) is 6.61 Å². The fourth-order valence-electron chi connectivity index (χ4n) is 2.07. The largest absolute Gasteiger partial charge is 0.495 e. The second-order valence-corrected chi connectivity index (χ2v) is 5.61. The van der Waals surface area contributed by atoms with Crippen molar-refractivity contribution in [1.82, 2.24) is 0 Å². The zero-order valence-corrected chi connectivity index (χ0v) is 14.9. The second kappa shape index (κ2) is 8.04. The quantitative estimate of drug-likeness (QED) is 0.582. The van der Waals surface area contributed by atoms with Crippen LogP contribution in [-0.2, 0) is 0 Å². The zero-order valence-electron chi connectivity index (χ0n) is 13.3. The van der Waals surface area contributed by atoms with Crippen molar-refractivity contribution in [3.63, 3.8) is 0 Å². The van der Waals surface area contributed by atoms with E-state index in [9.17, 15) is 14.9 Å². The number of benzene rings is 2. The SMILES string of the molecule is CCOc1c(Cl)cc(C(=O)Nc2cc([N+](=O)[O-])ccc2OC)cc1Cl. The molecule has 0 aliphatic rings. The Morgan fingerprint density at radius 1 is 1.24 bits per heavy atom. The maximum absolute atomic E-state index is 12.4. The predicted molar refractivity (Wildman–Crippen MR) is 95.2 cm³/mol. The number of amides is 1. The lowest BCUT2D eigenvalue weighted by molar-refractivity contribution is -0.384. The number of anilines is 1. The summed E-state index contributed by atoms with van der Waals surface area (Å²) >= 11 is 12.2. The van der Waals surface area contributed by atoms with Crippen molar-refractivity contribution in [2.24, 2.45) is 0 Å². The van der Waals surface area contributed by atoms with Gasteiger partial charge in [0.2, 0.25) is 0 Å². The van der Waals surface area contributed by atoms with Crippen molar-refractivity contribution < 1.29 is 19.2 Å². The molecule has 0 saturated carbocycles. The third-order valence-corrected chi connectivity index (χ3v) is 3.75. The van der Waals surface area contributed by atoms with E-state index < -0.39 is 10.8 Å². The molecule has 9 heteroatoms. The molecule has 0 fully saturated rings. The monoisotopic (exact) mass is 384 g/mol. The van der Waals surface area contributed by atoms with E-state index in [4.69, 9.17) is 32.7 Å². The fourth-order valence-corrected chi connectivity index (χ4v) is 2.67. The first kappa shape index (κ1) is 18.8. The molecule has 25 heavy (non-hydrogen) atoms. The molecule has 1 N–H and O–H groups in total. The van der Waals surface area contributed by atoms with Crippen LogP contribution < -0.4 is 14.8 Å². The summed E-state index contributed by atoms with van der Waals surface area (Å²) in [5.41, 5.74) is 0.147. The molecule has 0 heterocycles. The van der Waals surface area contributed by atoms with E-state index in [1.807, 2.05) is 0 Å². The molecule has 2 aromatic rings. The van der Waals surface area contributed by atoms with Gasteiger partial charge in [0.05, 0.1) is 34.4 Å². The summed E-state index contributed by atoms with van der Waals surface area (Å²) in [6, 6.07) is 6.68. The van der Waals surface area contributed by atoms with Crippen LogP contribution in [-0.4, -0.2) is 24.5 Å². The zero-order chi connectivity index (χ0) is 18.6. The van der Waals surface area contributed by atoms with Crippen molar-refractivity contribution in [1.29, 1.82) is 0 Å². The Balaban J connectivity index is 2.34. The van der Waals surface area contributed by atoms with Gasteiger partial charge >= 0.3 is 0 Å². The summed E-state index contributed by atoms with van der Waals surface area (Å²) in [6.07, 6.45) is 0. The van der Waals surface area contributed by atoms with Crippen molar-refractivity contribution in [2.75, 3.05) is 19.0 Å². The lowest BCUT2D eigenvalue weighted by atomic mass is 10.2. The third-order valence-electron chi connectivity index (χ3n) is 3.19. The molecule has 0 radical (unpaired) electrons. The number of nitro groups is 1. The highest BCUT2D eigenvalue weighted by Crippen LogP contribution is 2.35. The normalized spacial score (nSPS) is 10.2. The molecule has 132 valence electrons. The molecule has 0 aromatic heterocycles. The van der Waals surface area contributed by atoms with Gasteiger partial charge < -0.3 is 14.8 Å². The van der Waals surface area contributed by atoms with Crippen LogP contribution in [0.3, 0.4) is 0 Å². The molecule has 0 atom stereocenters. The topological polar surface area (TPSA) is 90.7 Å². The Kier molecular flexibility index (Phi) is 6.06. The second-order valence-electron chi connectivity index (χ2n) is 4.80. The molecule has 0 unspecified atom stereocenters. The average Bonchev–Trinajstić information content (AvgIpc) is 2.57. The van der Waals surface area contributed by atoms with E-state index in [1.54, 1.807) is 6.92 Å². The average molecular weight is 385 g/mol. The lowest BCUT2D eigenvalue weighted by Crippen LogP contribution is -2.13. The number of ether oxygens (including phenoxy) is 2. The van der Waals surface area contributed by atoms with E-state index >= 15 is 0 Å². The number of nitrogens with one attached hydrogen (secondary N) is 1. The van der Waals surface area contributed by atoms with Crippen LogP contribution in [0.5, 0.6) is 11.5 Å². The van der Waals surface area contributed by atoms with E-state index in [2.05, 4.69) is 5.32 Å². The minimum absolute atomic E-state index is 0.155. The van der Waals surface area contributed by atoms with Gasteiger partial charge in [0.1, 0.15) is 5.75 Å².